The van der Waals surface area contributed by atoms with Crippen LogP contribution in [-0.2, 0) is 16.6 Å². The first-order chi connectivity index (χ1) is 9.80. The Bertz CT molecular complexity index is 584. The monoisotopic (exact) mass is 394 g/mol. The molecule has 21 heavy (non-hydrogen) atoms. The molecule has 1 atom stereocenters. The first-order valence-corrected chi connectivity index (χ1v) is 10.4. The van der Waals surface area contributed by atoms with Crippen molar-refractivity contribution in [3.05, 3.63) is 14.7 Å². The van der Waals surface area contributed by atoms with E-state index >= 15 is 0 Å². The standard InChI is InChI=1S/C14H23BrN2O2S2/c1-10(2)16-8-12-7-13(14(15)20-12)21(18,19)17-6-4-5-11(3)9-17/h7,10-11,16H,4-6,8-9H2,1-3H3. The van der Waals surface area contributed by atoms with Gasteiger partial charge in [-0.15, -0.1) is 11.3 Å². The topological polar surface area (TPSA) is 49.4 Å². The number of piperidine rings is 1. The third-order valence-electron chi connectivity index (χ3n) is 3.63. The van der Waals surface area contributed by atoms with Gasteiger partial charge in [-0.05, 0) is 40.8 Å². The lowest BCUT2D eigenvalue weighted by Crippen LogP contribution is -2.39. The van der Waals surface area contributed by atoms with Crippen molar-refractivity contribution in [2.75, 3.05) is 13.1 Å². The zero-order valence-electron chi connectivity index (χ0n) is 12.7. The van der Waals surface area contributed by atoms with Crippen LogP contribution in [0.15, 0.2) is 14.7 Å². The molecule has 4 nitrogen and oxygen atoms in total. The van der Waals surface area contributed by atoms with Crippen molar-refractivity contribution in [2.45, 2.75) is 51.1 Å². The molecule has 0 spiro atoms. The number of hydrogen-bond acceptors (Lipinski definition) is 4. The van der Waals surface area contributed by atoms with Crippen LogP contribution in [0.5, 0.6) is 0 Å². The van der Waals surface area contributed by atoms with Crippen molar-refractivity contribution < 1.29 is 8.42 Å². The van der Waals surface area contributed by atoms with Crippen LogP contribution in [0.1, 0.15) is 38.5 Å². The summed E-state index contributed by atoms with van der Waals surface area (Å²) in [6, 6.07) is 2.19. The summed E-state index contributed by atoms with van der Waals surface area (Å²) >= 11 is 4.92. The fourth-order valence-electron chi connectivity index (χ4n) is 2.47. The second-order valence-electron chi connectivity index (χ2n) is 6.00. The van der Waals surface area contributed by atoms with Gasteiger partial charge in [0.25, 0.3) is 0 Å². The quantitative estimate of drug-likeness (QED) is 0.831. The van der Waals surface area contributed by atoms with E-state index in [2.05, 4.69) is 42.0 Å². The number of thiophene rings is 1. The molecule has 1 saturated heterocycles. The second kappa shape index (κ2) is 7.08. The number of sulfonamides is 1. The summed E-state index contributed by atoms with van der Waals surface area (Å²) in [5.41, 5.74) is 0. The first kappa shape index (κ1) is 17.4. The minimum absolute atomic E-state index is 0.383. The molecule has 0 aromatic carbocycles. The molecule has 1 fully saturated rings. The van der Waals surface area contributed by atoms with Crippen LogP contribution < -0.4 is 5.32 Å². The van der Waals surface area contributed by atoms with Gasteiger partial charge in [-0.3, -0.25) is 0 Å². The lowest BCUT2D eigenvalue weighted by atomic mass is 10.0. The highest BCUT2D eigenvalue weighted by Gasteiger charge is 2.31. The first-order valence-electron chi connectivity index (χ1n) is 7.32. The van der Waals surface area contributed by atoms with Crippen LogP contribution in [0.3, 0.4) is 0 Å². The van der Waals surface area contributed by atoms with E-state index in [1.165, 1.54) is 11.3 Å². The zero-order valence-corrected chi connectivity index (χ0v) is 15.9. The molecule has 1 unspecified atom stereocenters. The highest BCUT2D eigenvalue weighted by molar-refractivity contribution is 9.11. The lowest BCUT2D eigenvalue weighted by Gasteiger charge is -2.29. The van der Waals surface area contributed by atoms with E-state index in [0.717, 1.165) is 17.7 Å². The van der Waals surface area contributed by atoms with Crippen molar-refractivity contribution in [2.24, 2.45) is 5.92 Å². The molecule has 120 valence electrons. The average molecular weight is 395 g/mol. The fourth-order valence-corrected chi connectivity index (χ4v) is 6.65. The van der Waals surface area contributed by atoms with Crippen LogP contribution in [0.25, 0.3) is 0 Å². The van der Waals surface area contributed by atoms with Crippen molar-refractivity contribution in [1.29, 1.82) is 0 Å². The molecule has 2 heterocycles. The molecule has 1 aliphatic rings. The predicted molar refractivity (Wildman–Crippen MR) is 91.2 cm³/mol. The maximum Gasteiger partial charge on any atom is 0.245 e. The Morgan fingerprint density at radius 3 is 2.86 bits per heavy atom. The Kier molecular flexibility index (Phi) is 5.87. The highest BCUT2D eigenvalue weighted by atomic mass is 79.9. The molecule has 1 aromatic heterocycles. The van der Waals surface area contributed by atoms with Crippen LogP contribution in [0.4, 0.5) is 0 Å². The Labute approximate surface area is 140 Å². The molecule has 1 aliphatic heterocycles. The normalized spacial score (nSPS) is 21.1. The Morgan fingerprint density at radius 1 is 1.52 bits per heavy atom. The highest BCUT2D eigenvalue weighted by Crippen LogP contribution is 2.34. The largest absolute Gasteiger partial charge is 0.310 e. The molecule has 0 radical (unpaired) electrons. The Hall–Kier alpha value is 0.0500. The maximum atomic E-state index is 12.8. The van der Waals surface area contributed by atoms with E-state index in [4.69, 9.17) is 0 Å². The van der Waals surface area contributed by atoms with Crippen molar-refractivity contribution in [3.63, 3.8) is 0 Å². The number of halogens is 1. The van der Waals surface area contributed by atoms with Gasteiger partial charge in [0.2, 0.25) is 10.0 Å². The Balaban J connectivity index is 2.19. The van der Waals surface area contributed by atoms with E-state index in [-0.39, 0.29) is 0 Å². The average Bonchev–Trinajstić information content (AvgIpc) is 2.78. The van der Waals surface area contributed by atoms with E-state index in [0.29, 0.717) is 40.3 Å². The van der Waals surface area contributed by atoms with Gasteiger partial charge in [-0.2, -0.15) is 4.31 Å². The van der Waals surface area contributed by atoms with E-state index < -0.39 is 10.0 Å². The summed E-state index contributed by atoms with van der Waals surface area (Å²) in [4.78, 5) is 1.46. The van der Waals surface area contributed by atoms with Crippen LogP contribution in [0, 0.1) is 5.92 Å². The summed E-state index contributed by atoms with van der Waals surface area (Å²) in [5, 5.41) is 3.32. The molecular weight excluding hydrogens is 372 g/mol. The Morgan fingerprint density at radius 2 is 2.24 bits per heavy atom. The summed E-state index contributed by atoms with van der Waals surface area (Å²) < 4.78 is 27.9. The molecule has 2 rings (SSSR count). The third kappa shape index (κ3) is 4.28. The number of nitrogens with zero attached hydrogens (tertiary/aromatic N) is 1. The van der Waals surface area contributed by atoms with Crippen LogP contribution in [-0.4, -0.2) is 31.9 Å². The minimum Gasteiger partial charge on any atom is -0.310 e. The summed E-state index contributed by atoms with van der Waals surface area (Å²) in [6.45, 7) is 8.23. The third-order valence-corrected chi connectivity index (χ3v) is 7.75. The molecule has 0 saturated carbocycles. The van der Waals surface area contributed by atoms with Gasteiger partial charge in [0.1, 0.15) is 4.90 Å². The molecular formula is C14H23BrN2O2S2. The zero-order chi connectivity index (χ0) is 15.6. The van der Waals surface area contributed by atoms with E-state index in [1.54, 1.807) is 10.4 Å². The summed E-state index contributed by atoms with van der Waals surface area (Å²) in [6.07, 6.45) is 2.06. The molecule has 7 heteroatoms. The smallest absolute Gasteiger partial charge is 0.245 e. The number of hydrogen-bond donors (Lipinski definition) is 1. The van der Waals surface area contributed by atoms with Gasteiger partial charge in [0.15, 0.2) is 0 Å². The summed E-state index contributed by atoms with van der Waals surface area (Å²) in [5.74, 6) is 0.438. The lowest BCUT2D eigenvalue weighted by molar-refractivity contribution is 0.281. The predicted octanol–water partition coefficient (Wildman–Crippen LogP) is 3.43. The van der Waals surface area contributed by atoms with Crippen LogP contribution >= 0.6 is 27.3 Å². The van der Waals surface area contributed by atoms with Gasteiger partial charge in [0.05, 0.1) is 3.79 Å². The molecule has 0 aliphatic carbocycles. The van der Waals surface area contributed by atoms with Gasteiger partial charge in [-0.1, -0.05) is 20.8 Å². The SMILES string of the molecule is CC1CCCN(S(=O)(=O)c2cc(CNC(C)C)sc2Br)C1. The number of rotatable bonds is 5. The van der Waals surface area contributed by atoms with Crippen molar-refractivity contribution in [1.82, 2.24) is 9.62 Å². The van der Waals surface area contributed by atoms with E-state index in [1.807, 2.05) is 0 Å². The van der Waals surface area contributed by atoms with Gasteiger partial charge in [-0.25, -0.2) is 8.42 Å². The van der Waals surface area contributed by atoms with Crippen molar-refractivity contribution in [3.8, 4) is 0 Å². The maximum absolute atomic E-state index is 12.8. The number of nitrogens with one attached hydrogen (secondary N) is 1. The van der Waals surface area contributed by atoms with Gasteiger partial charge < -0.3 is 5.32 Å². The van der Waals surface area contributed by atoms with Gasteiger partial charge >= 0.3 is 0 Å². The fraction of sp³-hybridized carbons (Fsp3) is 0.714. The summed E-state index contributed by atoms with van der Waals surface area (Å²) in [7, 11) is -3.37. The van der Waals surface area contributed by atoms with Crippen molar-refractivity contribution >= 4 is 37.3 Å². The van der Waals surface area contributed by atoms with Gasteiger partial charge in [0, 0.05) is 30.6 Å². The minimum atomic E-state index is -3.37. The van der Waals surface area contributed by atoms with E-state index in [9.17, 15) is 8.42 Å². The van der Waals surface area contributed by atoms with Crippen LogP contribution in [0.2, 0.25) is 0 Å². The molecule has 0 amide bonds. The molecule has 0 bridgehead atoms. The molecule has 1 aromatic rings. The second-order valence-corrected chi connectivity index (χ2v) is 10.4. The molecule has 1 N–H and O–H groups in total.